The number of aromatic nitrogens is 3. The molecule has 9 heteroatoms. The molecule has 4 rings (SSSR count). The second-order valence-electron chi connectivity index (χ2n) is 6.91. The largest absolute Gasteiger partial charge is 0.335 e. The van der Waals surface area contributed by atoms with Crippen molar-refractivity contribution in [3.8, 4) is 17.5 Å². The van der Waals surface area contributed by atoms with Crippen LogP contribution in [0, 0.1) is 18.3 Å². The van der Waals surface area contributed by atoms with Gasteiger partial charge in [0.15, 0.2) is 5.82 Å². The van der Waals surface area contributed by atoms with E-state index in [0.717, 1.165) is 42.4 Å². The highest BCUT2D eigenvalue weighted by atomic mass is 32.2. The Morgan fingerprint density at radius 3 is 2.83 bits per heavy atom. The lowest BCUT2D eigenvalue weighted by atomic mass is 9.96. The third-order valence-electron chi connectivity index (χ3n) is 4.84. The van der Waals surface area contributed by atoms with Gasteiger partial charge in [-0.05, 0) is 38.2 Å². The number of rotatable bonds is 5. The lowest BCUT2D eigenvalue weighted by molar-refractivity contribution is -0.113. The first-order chi connectivity index (χ1) is 14.1. The Labute approximate surface area is 176 Å². The van der Waals surface area contributed by atoms with Crippen LogP contribution in [-0.2, 0) is 17.6 Å². The molecule has 0 bridgehead atoms. The van der Waals surface area contributed by atoms with Crippen LogP contribution in [0.15, 0.2) is 29.4 Å². The molecule has 29 heavy (non-hydrogen) atoms. The van der Waals surface area contributed by atoms with Crippen LogP contribution < -0.4 is 11.2 Å². The van der Waals surface area contributed by atoms with E-state index in [1.54, 1.807) is 0 Å². The smallest absolute Gasteiger partial charge is 0.235 e. The predicted octanol–water partition coefficient (Wildman–Crippen LogP) is 3.51. The molecule has 3 N–H and O–H groups in total. The molecular formula is C20H20N6OS2. The normalized spacial score (nSPS) is 13.0. The molecule has 1 amide bonds. The summed E-state index contributed by atoms with van der Waals surface area (Å²) in [4.78, 5) is 13.7. The summed E-state index contributed by atoms with van der Waals surface area (Å²) in [6.07, 6.45) is 4.13. The Balaban J connectivity index is 1.43. The van der Waals surface area contributed by atoms with Gasteiger partial charge in [-0.15, -0.1) is 21.5 Å². The molecule has 3 aromatic rings. The average Bonchev–Trinajstić information content (AvgIpc) is 3.26. The number of hydrogen-bond acceptors (Lipinski definition) is 7. The zero-order valence-corrected chi connectivity index (χ0v) is 17.6. The maximum atomic E-state index is 12.5. The van der Waals surface area contributed by atoms with Crippen LogP contribution >= 0.6 is 23.1 Å². The van der Waals surface area contributed by atoms with Crippen molar-refractivity contribution in [2.75, 3.05) is 16.9 Å². The Bertz CT molecular complexity index is 1090. The van der Waals surface area contributed by atoms with Crippen molar-refractivity contribution in [2.45, 2.75) is 37.8 Å². The summed E-state index contributed by atoms with van der Waals surface area (Å²) in [7, 11) is 0. The molecule has 0 saturated carbocycles. The molecule has 0 aliphatic heterocycles. The Kier molecular flexibility index (Phi) is 5.56. The van der Waals surface area contributed by atoms with Gasteiger partial charge in [0.05, 0.1) is 11.3 Å². The number of thioether (sulfide) groups is 1. The van der Waals surface area contributed by atoms with Gasteiger partial charge in [-0.3, -0.25) is 4.79 Å². The zero-order valence-electron chi connectivity index (χ0n) is 15.9. The number of hydrogen-bond donors (Lipinski definition) is 2. The van der Waals surface area contributed by atoms with Gasteiger partial charge in [0, 0.05) is 10.4 Å². The van der Waals surface area contributed by atoms with Gasteiger partial charge in [0.25, 0.3) is 0 Å². The highest BCUT2D eigenvalue weighted by Gasteiger charge is 2.22. The number of nitrogens with one attached hydrogen (secondary N) is 1. The van der Waals surface area contributed by atoms with Crippen molar-refractivity contribution in [3.05, 3.63) is 45.8 Å². The first-order valence-corrected chi connectivity index (χ1v) is 11.1. The third-order valence-corrected chi connectivity index (χ3v) is 6.99. The van der Waals surface area contributed by atoms with E-state index >= 15 is 0 Å². The van der Waals surface area contributed by atoms with Crippen LogP contribution in [-0.4, -0.2) is 26.5 Å². The van der Waals surface area contributed by atoms with Crippen molar-refractivity contribution in [3.63, 3.8) is 0 Å². The van der Waals surface area contributed by atoms with Crippen LogP contribution in [0.4, 0.5) is 5.00 Å². The molecule has 0 atom stereocenters. The highest BCUT2D eigenvalue weighted by molar-refractivity contribution is 7.99. The van der Waals surface area contributed by atoms with Crippen molar-refractivity contribution in [1.29, 1.82) is 5.26 Å². The quantitative estimate of drug-likeness (QED) is 0.479. The van der Waals surface area contributed by atoms with Crippen molar-refractivity contribution in [1.82, 2.24) is 14.9 Å². The van der Waals surface area contributed by atoms with E-state index in [1.807, 2.05) is 31.2 Å². The Hall–Kier alpha value is -2.83. The molecule has 0 saturated heterocycles. The predicted molar refractivity (Wildman–Crippen MR) is 115 cm³/mol. The van der Waals surface area contributed by atoms with E-state index in [2.05, 4.69) is 21.6 Å². The minimum atomic E-state index is -0.190. The molecule has 0 radical (unpaired) electrons. The molecule has 1 aromatic carbocycles. The number of nitrogens with zero attached hydrogens (tertiary/aromatic N) is 4. The standard InChI is InChI=1S/C20H20N6OS2/c1-12-6-8-13(9-7-12)18-24-25-20(26(18)22)28-11-17(27)23-19-15(10-21)14-4-2-3-5-16(14)29-19/h6-9H,2-5,11,22H2,1H3,(H,23,27). The number of fused-ring (bicyclic) bond motifs is 1. The summed E-state index contributed by atoms with van der Waals surface area (Å²) in [6.45, 7) is 2.01. The van der Waals surface area contributed by atoms with Gasteiger partial charge in [-0.1, -0.05) is 41.6 Å². The number of thiophene rings is 1. The summed E-state index contributed by atoms with van der Waals surface area (Å²) in [5, 5.41) is 21.8. The lowest BCUT2D eigenvalue weighted by Crippen LogP contribution is -2.16. The minimum absolute atomic E-state index is 0.136. The molecule has 0 unspecified atom stereocenters. The van der Waals surface area contributed by atoms with Gasteiger partial charge < -0.3 is 11.2 Å². The first kappa shape index (κ1) is 19.5. The van der Waals surface area contributed by atoms with Crippen molar-refractivity contribution < 1.29 is 4.79 Å². The SMILES string of the molecule is Cc1ccc(-c2nnc(SCC(=O)Nc3sc4c(c3C#N)CCCC4)n2N)cc1. The molecule has 1 aliphatic carbocycles. The van der Waals surface area contributed by atoms with Crippen LogP contribution in [0.5, 0.6) is 0 Å². The molecule has 148 valence electrons. The van der Waals surface area contributed by atoms with Crippen LogP contribution in [0.1, 0.15) is 34.4 Å². The van der Waals surface area contributed by atoms with E-state index in [0.29, 0.717) is 21.5 Å². The summed E-state index contributed by atoms with van der Waals surface area (Å²) in [5.74, 6) is 6.61. The number of nitrogens with two attached hydrogens (primary N) is 1. The molecule has 0 spiro atoms. The summed E-state index contributed by atoms with van der Waals surface area (Å²) < 4.78 is 1.40. The van der Waals surface area contributed by atoms with Crippen LogP contribution in [0.2, 0.25) is 0 Å². The zero-order chi connectivity index (χ0) is 20.4. The summed E-state index contributed by atoms with van der Waals surface area (Å²) in [6, 6.07) is 10.1. The van der Waals surface area contributed by atoms with Crippen molar-refractivity contribution in [2.24, 2.45) is 0 Å². The molecule has 1 aliphatic rings. The second-order valence-corrected chi connectivity index (χ2v) is 8.95. The molecular weight excluding hydrogens is 404 g/mol. The third kappa shape index (κ3) is 3.99. The van der Waals surface area contributed by atoms with E-state index in [4.69, 9.17) is 5.84 Å². The lowest BCUT2D eigenvalue weighted by Gasteiger charge is -2.09. The van der Waals surface area contributed by atoms with Crippen molar-refractivity contribution >= 4 is 34.0 Å². The second kappa shape index (κ2) is 8.27. The Morgan fingerprint density at radius 2 is 2.07 bits per heavy atom. The fraction of sp³-hybridized carbons (Fsp3) is 0.300. The number of nitriles is 1. The molecule has 7 nitrogen and oxygen atoms in total. The number of anilines is 1. The number of nitrogen functional groups attached to an aromatic ring is 1. The maximum Gasteiger partial charge on any atom is 0.235 e. The average molecular weight is 425 g/mol. The first-order valence-electron chi connectivity index (χ1n) is 9.31. The van der Waals surface area contributed by atoms with E-state index in [9.17, 15) is 10.1 Å². The molecule has 2 heterocycles. The molecule has 0 fully saturated rings. The fourth-order valence-corrected chi connectivity index (χ4v) is 5.25. The number of aryl methyl sites for hydroxylation is 2. The fourth-order valence-electron chi connectivity index (χ4n) is 3.34. The summed E-state index contributed by atoms with van der Waals surface area (Å²) >= 11 is 2.74. The van der Waals surface area contributed by atoms with Crippen LogP contribution in [0.3, 0.4) is 0 Å². The van der Waals surface area contributed by atoms with Gasteiger partial charge in [0.2, 0.25) is 11.1 Å². The van der Waals surface area contributed by atoms with Gasteiger partial charge in [0.1, 0.15) is 11.1 Å². The summed E-state index contributed by atoms with van der Waals surface area (Å²) in [5.41, 5.74) is 3.74. The number of amides is 1. The van der Waals surface area contributed by atoms with E-state index in [1.165, 1.54) is 32.7 Å². The number of carbonyl (C=O) groups is 1. The Morgan fingerprint density at radius 1 is 1.31 bits per heavy atom. The van der Waals surface area contributed by atoms with Gasteiger partial charge in [-0.25, -0.2) is 4.68 Å². The maximum absolute atomic E-state index is 12.5. The number of carbonyl (C=O) groups excluding carboxylic acids is 1. The van der Waals surface area contributed by atoms with E-state index < -0.39 is 0 Å². The van der Waals surface area contributed by atoms with E-state index in [-0.39, 0.29) is 11.7 Å². The number of benzene rings is 1. The van der Waals surface area contributed by atoms with Gasteiger partial charge in [-0.2, -0.15) is 5.26 Å². The van der Waals surface area contributed by atoms with Crippen LogP contribution in [0.25, 0.3) is 11.4 Å². The topological polar surface area (TPSA) is 110 Å². The monoisotopic (exact) mass is 424 g/mol. The van der Waals surface area contributed by atoms with Gasteiger partial charge >= 0.3 is 0 Å². The highest BCUT2D eigenvalue weighted by Crippen LogP contribution is 2.37. The minimum Gasteiger partial charge on any atom is -0.335 e. The molecule has 2 aromatic heterocycles.